The Morgan fingerprint density at radius 3 is 2.20 bits per heavy atom. The van der Waals surface area contributed by atoms with E-state index in [2.05, 4.69) is 43.1 Å². The molecule has 0 fully saturated rings. The van der Waals surface area contributed by atoms with Crippen molar-refractivity contribution in [2.75, 3.05) is 11.9 Å². The Labute approximate surface area is 126 Å². The highest BCUT2D eigenvalue weighted by Gasteiger charge is 2.19. The number of para-hydroxylation sites is 1. The summed E-state index contributed by atoms with van der Waals surface area (Å²) in [7, 11) is 2.10. The predicted molar refractivity (Wildman–Crippen MR) is 87.4 cm³/mol. The molecule has 106 valence electrons. The third-order valence-corrected chi connectivity index (χ3v) is 3.88. The van der Waals surface area contributed by atoms with E-state index in [0.717, 1.165) is 11.4 Å². The lowest BCUT2D eigenvalue weighted by Gasteiger charge is -2.33. The Kier molecular flexibility index (Phi) is 5.05. The van der Waals surface area contributed by atoms with Gasteiger partial charge in [-0.1, -0.05) is 41.9 Å². The number of rotatable bonds is 5. The summed E-state index contributed by atoms with van der Waals surface area (Å²) in [5.41, 5.74) is 8.62. The standard InChI is InChI=1S/C17H21ClN2/c1-13(19)17(12-14-8-10-15(18)11-9-14)20(2)16-6-4-3-5-7-16/h3-11,13,17H,12,19H2,1-2H3. The van der Waals surface area contributed by atoms with Gasteiger partial charge in [0, 0.05) is 29.8 Å². The van der Waals surface area contributed by atoms with Crippen molar-refractivity contribution in [2.45, 2.75) is 25.4 Å². The highest BCUT2D eigenvalue weighted by molar-refractivity contribution is 6.30. The van der Waals surface area contributed by atoms with E-state index in [1.165, 1.54) is 11.3 Å². The van der Waals surface area contributed by atoms with Crippen LogP contribution in [0.4, 0.5) is 5.69 Å². The van der Waals surface area contributed by atoms with Crippen molar-refractivity contribution in [1.29, 1.82) is 0 Å². The summed E-state index contributed by atoms with van der Waals surface area (Å²) in [6.45, 7) is 2.06. The maximum atomic E-state index is 6.18. The van der Waals surface area contributed by atoms with Crippen LogP contribution < -0.4 is 10.6 Å². The summed E-state index contributed by atoms with van der Waals surface area (Å²) >= 11 is 5.93. The van der Waals surface area contributed by atoms with E-state index in [-0.39, 0.29) is 12.1 Å². The molecule has 0 aliphatic carbocycles. The van der Waals surface area contributed by atoms with Crippen LogP contribution in [0.2, 0.25) is 5.02 Å². The molecule has 2 N–H and O–H groups in total. The van der Waals surface area contributed by atoms with Crippen LogP contribution in [0.5, 0.6) is 0 Å². The minimum Gasteiger partial charge on any atom is -0.370 e. The molecule has 0 saturated heterocycles. The van der Waals surface area contributed by atoms with Crippen LogP contribution >= 0.6 is 11.6 Å². The molecule has 0 spiro atoms. The van der Waals surface area contributed by atoms with Crippen molar-refractivity contribution < 1.29 is 0 Å². The van der Waals surface area contributed by atoms with E-state index in [0.29, 0.717) is 0 Å². The van der Waals surface area contributed by atoms with Gasteiger partial charge in [-0.3, -0.25) is 0 Å². The number of nitrogens with zero attached hydrogens (tertiary/aromatic N) is 1. The van der Waals surface area contributed by atoms with Gasteiger partial charge in [0.15, 0.2) is 0 Å². The van der Waals surface area contributed by atoms with E-state index in [4.69, 9.17) is 17.3 Å². The second-order valence-corrected chi connectivity index (χ2v) is 5.64. The molecular weight excluding hydrogens is 268 g/mol. The van der Waals surface area contributed by atoms with Gasteiger partial charge in [0.05, 0.1) is 0 Å². The van der Waals surface area contributed by atoms with E-state index < -0.39 is 0 Å². The fourth-order valence-electron chi connectivity index (χ4n) is 2.39. The van der Waals surface area contributed by atoms with Gasteiger partial charge in [0.1, 0.15) is 0 Å². The average Bonchev–Trinajstić information content (AvgIpc) is 2.46. The molecule has 0 aromatic heterocycles. The Hall–Kier alpha value is -1.51. The number of anilines is 1. The maximum Gasteiger partial charge on any atom is 0.0475 e. The van der Waals surface area contributed by atoms with Crippen LogP contribution in [0.3, 0.4) is 0 Å². The van der Waals surface area contributed by atoms with Gasteiger partial charge in [-0.2, -0.15) is 0 Å². The van der Waals surface area contributed by atoms with Gasteiger partial charge in [-0.15, -0.1) is 0 Å². The van der Waals surface area contributed by atoms with Crippen molar-refractivity contribution in [1.82, 2.24) is 0 Å². The molecule has 2 rings (SSSR count). The molecule has 0 amide bonds. The first kappa shape index (κ1) is 14.9. The number of hydrogen-bond acceptors (Lipinski definition) is 2. The van der Waals surface area contributed by atoms with Crippen LogP contribution in [0.1, 0.15) is 12.5 Å². The first-order chi connectivity index (χ1) is 9.58. The third kappa shape index (κ3) is 3.75. The monoisotopic (exact) mass is 288 g/mol. The lowest BCUT2D eigenvalue weighted by atomic mass is 9.99. The zero-order chi connectivity index (χ0) is 14.5. The van der Waals surface area contributed by atoms with Gasteiger partial charge < -0.3 is 10.6 Å². The molecule has 3 heteroatoms. The molecule has 0 bridgehead atoms. The minimum atomic E-state index is 0.0795. The van der Waals surface area contributed by atoms with Crippen LogP contribution in [-0.2, 0) is 6.42 Å². The Morgan fingerprint density at radius 2 is 1.65 bits per heavy atom. The minimum absolute atomic E-state index is 0.0795. The molecule has 2 unspecified atom stereocenters. The van der Waals surface area contributed by atoms with Gasteiger partial charge in [0.25, 0.3) is 0 Å². The fourth-order valence-corrected chi connectivity index (χ4v) is 2.52. The van der Waals surface area contributed by atoms with Crippen LogP contribution in [0.15, 0.2) is 54.6 Å². The van der Waals surface area contributed by atoms with E-state index in [1.807, 2.05) is 30.3 Å². The SMILES string of the molecule is CC(N)C(Cc1ccc(Cl)cc1)N(C)c1ccccc1. The summed E-state index contributed by atoms with van der Waals surface area (Å²) in [6, 6.07) is 18.7. The second kappa shape index (κ2) is 6.78. The number of nitrogens with two attached hydrogens (primary N) is 1. The predicted octanol–water partition coefficient (Wildman–Crippen LogP) is 3.73. The summed E-state index contributed by atoms with van der Waals surface area (Å²) in [6.07, 6.45) is 0.903. The Bertz CT molecular complexity index is 522. The van der Waals surface area contributed by atoms with E-state index in [1.54, 1.807) is 0 Å². The van der Waals surface area contributed by atoms with Crippen molar-refractivity contribution in [3.8, 4) is 0 Å². The molecule has 0 radical (unpaired) electrons. The van der Waals surface area contributed by atoms with Crippen molar-refractivity contribution in [3.05, 3.63) is 65.2 Å². The van der Waals surface area contributed by atoms with E-state index >= 15 is 0 Å². The van der Waals surface area contributed by atoms with Crippen molar-refractivity contribution in [2.24, 2.45) is 5.73 Å². The number of likely N-dealkylation sites (N-methyl/N-ethyl adjacent to an activating group) is 1. The molecule has 2 nitrogen and oxygen atoms in total. The van der Waals surface area contributed by atoms with Gasteiger partial charge in [0.2, 0.25) is 0 Å². The lowest BCUT2D eigenvalue weighted by Crippen LogP contribution is -2.46. The molecule has 2 atom stereocenters. The molecule has 0 aliphatic rings. The smallest absolute Gasteiger partial charge is 0.0475 e. The molecule has 0 saturated carbocycles. The van der Waals surface area contributed by atoms with E-state index in [9.17, 15) is 0 Å². The van der Waals surface area contributed by atoms with Crippen LogP contribution in [0, 0.1) is 0 Å². The molecule has 0 heterocycles. The summed E-state index contributed by atoms with van der Waals surface area (Å²) in [5, 5.41) is 0.766. The highest BCUT2D eigenvalue weighted by Crippen LogP contribution is 2.19. The molecule has 20 heavy (non-hydrogen) atoms. The molecule has 2 aromatic rings. The number of benzene rings is 2. The largest absolute Gasteiger partial charge is 0.370 e. The van der Waals surface area contributed by atoms with Crippen molar-refractivity contribution in [3.63, 3.8) is 0 Å². The summed E-state index contributed by atoms with van der Waals surface area (Å²) in [5.74, 6) is 0. The van der Waals surface area contributed by atoms with Crippen LogP contribution in [-0.4, -0.2) is 19.1 Å². The van der Waals surface area contributed by atoms with Gasteiger partial charge in [-0.25, -0.2) is 0 Å². The first-order valence-corrected chi connectivity index (χ1v) is 7.23. The van der Waals surface area contributed by atoms with Crippen LogP contribution in [0.25, 0.3) is 0 Å². The summed E-state index contributed by atoms with van der Waals surface area (Å²) in [4.78, 5) is 2.25. The lowest BCUT2D eigenvalue weighted by molar-refractivity contribution is 0.530. The van der Waals surface area contributed by atoms with Gasteiger partial charge in [-0.05, 0) is 43.2 Å². The second-order valence-electron chi connectivity index (χ2n) is 5.20. The normalized spacial score (nSPS) is 13.8. The number of halogens is 1. The maximum absolute atomic E-state index is 6.18. The first-order valence-electron chi connectivity index (χ1n) is 6.86. The Balaban J connectivity index is 2.17. The highest BCUT2D eigenvalue weighted by atomic mass is 35.5. The average molecular weight is 289 g/mol. The Morgan fingerprint density at radius 1 is 1.05 bits per heavy atom. The topological polar surface area (TPSA) is 29.3 Å². The fraction of sp³-hybridized carbons (Fsp3) is 0.294. The molecular formula is C17H21ClN2. The summed E-state index contributed by atoms with van der Waals surface area (Å²) < 4.78 is 0. The zero-order valence-electron chi connectivity index (χ0n) is 12.0. The quantitative estimate of drug-likeness (QED) is 0.908. The third-order valence-electron chi connectivity index (χ3n) is 3.63. The molecule has 0 aliphatic heterocycles. The zero-order valence-corrected chi connectivity index (χ0v) is 12.7. The molecule has 2 aromatic carbocycles. The van der Waals surface area contributed by atoms with Crippen molar-refractivity contribution >= 4 is 17.3 Å². The number of hydrogen-bond donors (Lipinski definition) is 1. The van der Waals surface area contributed by atoms with Gasteiger partial charge >= 0.3 is 0 Å².